The summed E-state index contributed by atoms with van der Waals surface area (Å²) in [6.45, 7) is 7.03. The normalized spacial score (nSPS) is 22.2. The largest absolute Gasteiger partial charge is 0.347 e. The monoisotopic (exact) mass is 352 g/mol. The predicted molar refractivity (Wildman–Crippen MR) is 103 cm³/mol. The number of benzene rings is 1. The van der Waals surface area contributed by atoms with Crippen LogP contribution in [0.5, 0.6) is 0 Å². The summed E-state index contributed by atoms with van der Waals surface area (Å²) >= 11 is 0. The molecule has 0 amide bonds. The van der Waals surface area contributed by atoms with Crippen LogP contribution in [-0.4, -0.2) is 36.6 Å². The van der Waals surface area contributed by atoms with Gasteiger partial charge in [0.2, 0.25) is 0 Å². The number of pyridine rings is 1. The molecule has 0 aliphatic carbocycles. The summed E-state index contributed by atoms with van der Waals surface area (Å²) in [7, 11) is 0. The molecule has 2 aromatic rings. The van der Waals surface area contributed by atoms with Crippen LogP contribution in [0.4, 0.5) is 0 Å². The number of rotatable bonds is 4. The second-order valence-corrected chi connectivity index (χ2v) is 7.73. The molecule has 1 aromatic carbocycles. The quantitative estimate of drug-likeness (QED) is 0.906. The molecule has 0 saturated carbocycles. The van der Waals surface area contributed by atoms with E-state index in [0.29, 0.717) is 12.5 Å². The summed E-state index contributed by atoms with van der Waals surface area (Å²) in [5.74, 6) is 0.194. The lowest BCUT2D eigenvalue weighted by atomic mass is 9.98. The van der Waals surface area contributed by atoms with E-state index in [9.17, 15) is 0 Å². The third-order valence-electron chi connectivity index (χ3n) is 5.44. The molecule has 2 aliphatic rings. The van der Waals surface area contributed by atoms with Crippen LogP contribution in [-0.2, 0) is 15.9 Å². The van der Waals surface area contributed by atoms with Gasteiger partial charge < -0.3 is 14.8 Å². The first-order valence-corrected chi connectivity index (χ1v) is 9.71. The molecule has 1 unspecified atom stereocenters. The van der Waals surface area contributed by atoms with E-state index < -0.39 is 0 Å². The summed E-state index contributed by atoms with van der Waals surface area (Å²) in [5, 5.41) is 3.36. The second-order valence-electron chi connectivity index (χ2n) is 7.73. The number of nitrogens with zero attached hydrogens (tertiary/aromatic N) is 1. The van der Waals surface area contributed by atoms with Crippen LogP contribution in [0.1, 0.15) is 43.9 Å². The Hall–Kier alpha value is -1.75. The highest BCUT2D eigenvalue weighted by Crippen LogP contribution is 2.33. The molecule has 0 bridgehead atoms. The van der Waals surface area contributed by atoms with E-state index in [1.54, 1.807) is 0 Å². The predicted octanol–water partition coefficient (Wildman–Crippen LogP) is 3.91. The lowest BCUT2D eigenvalue weighted by Crippen LogP contribution is -2.43. The van der Waals surface area contributed by atoms with Gasteiger partial charge in [-0.05, 0) is 34.7 Å². The number of piperidine rings is 1. The highest BCUT2D eigenvalue weighted by molar-refractivity contribution is 5.63. The zero-order chi connectivity index (χ0) is 18.0. The minimum Gasteiger partial charge on any atom is -0.347 e. The number of ether oxygens (including phenoxy) is 2. The minimum atomic E-state index is -0.361. The van der Waals surface area contributed by atoms with Crippen molar-refractivity contribution < 1.29 is 9.47 Å². The van der Waals surface area contributed by atoms with Crippen molar-refractivity contribution in [2.45, 2.75) is 50.9 Å². The first-order valence-electron chi connectivity index (χ1n) is 9.71. The van der Waals surface area contributed by atoms with Crippen molar-refractivity contribution >= 4 is 0 Å². The van der Waals surface area contributed by atoms with Gasteiger partial charge in [-0.2, -0.15) is 0 Å². The highest BCUT2D eigenvalue weighted by Gasteiger charge is 2.42. The molecule has 1 aromatic heterocycles. The van der Waals surface area contributed by atoms with Crippen LogP contribution in [0.2, 0.25) is 0 Å². The zero-order valence-corrected chi connectivity index (χ0v) is 15.7. The Morgan fingerprint density at radius 3 is 2.62 bits per heavy atom. The molecule has 26 heavy (non-hydrogen) atoms. The Morgan fingerprint density at radius 2 is 1.88 bits per heavy atom. The fourth-order valence-electron chi connectivity index (χ4n) is 3.85. The molecule has 1 N–H and O–H groups in total. The molecule has 4 nitrogen and oxygen atoms in total. The van der Waals surface area contributed by atoms with Crippen molar-refractivity contribution in [3.63, 3.8) is 0 Å². The lowest BCUT2D eigenvalue weighted by molar-refractivity contribution is -0.182. The third-order valence-corrected chi connectivity index (χ3v) is 5.44. The second kappa shape index (κ2) is 7.47. The molecule has 2 fully saturated rings. The van der Waals surface area contributed by atoms with E-state index in [2.05, 4.69) is 60.5 Å². The van der Waals surface area contributed by atoms with Gasteiger partial charge in [-0.15, -0.1) is 0 Å². The van der Waals surface area contributed by atoms with Crippen LogP contribution in [0.3, 0.4) is 0 Å². The van der Waals surface area contributed by atoms with Gasteiger partial charge in [0.05, 0.1) is 12.7 Å². The Labute approximate surface area is 155 Å². The van der Waals surface area contributed by atoms with E-state index in [0.717, 1.165) is 38.0 Å². The van der Waals surface area contributed by atoms with Gasteiger partial charge in [0.15, 0.2) is 5.79 Å². The average Bonchev–Trinajstić information content (AvgIpc) is 3.04. The van der Waals surface area contributed by atoms with Gasteiger partial charge in [0, 0.05) is 44.2 Å². The Kier molecular flexibility index (Phi) is 5.07. The molecular weight excluding hydrogens is 324 g/mol. The van der Waals surface area contributed by atoms with E-state index in [1.807, 2.05) is 6.20 Å². The highest BCUT2D eigenvalue weighted by atomic mass is 16.7. The van der Waals surface area contributed by atoms with Crippen molar-refractivity contribution in [3.05, 3.63) is 53.9 Å². The van der Waals surface area contributed by atoms with Gasteiger partial charge >= 0.3 is 0 Å². The number of hydrogen-bond donors (Lipinski definition) is 1. The van der Waals surface area contributed by atoms with Crippen molar-refractivity contribution in [2.24, 2.45) is 0 Å². The molecule has 2 aliphatic heterocycles. The molecule has 2 saturated heterocycles. The number of aromatic nitrogens is 1. The molecule has 4 heteroatoms. The maximum absolute atomic E-state index is 6.28. The summed E-state index contributed by atoms with van der Waals surface area (Å²) in [6, 6.07) is 13.1. The molecule has 0 radical (unpaired) electrons. The van der Waals surface area contributed by atoms with E-state index in [-0.39, 0.29) is 11.9 Å². The number of nitrogens with one attached hydrogen (secondary N) is 1. The fourth-order valence-corrected chi connectivity index (χ4v) is 3.85. The van der Waals surface area contributed by atoms with Crippen LogP contribution >= 0.6 is 0 Å². The van der Waals surface area contributed by atoms with E-state index in [4.69, 9.17) is 9.47 Å². The zero-order valence-electron chi connectivity index (χ0n) is 15.7. The molecular formula is C22H28N2O2. The Morgan fingerprint density at radius 1 is 1.12 bits per heavy atom. The van der Waals surface area contributed by atoms with Crippen molar-refractivity contribution in [1.82, 2.24) is 10.3 Å². The topological polar surface area (TPSA) is 43.4 Å². The van der Waals surface area contributed by atoms with Crippen LogP contribution in [0, 0.1) is 0 Å². The van der Waals surface area contributed by atoms with Gasteiger partial charge in [-0.25, -0.2) is 0 Å². The smallest absolute Gasteiger partial charge is 0.171 e. The molecule has 138 valence electrons. The number of hydrogen-bond acceptors (Lipinski definition) is 4. The van der Waals surface area contributed by atoms with Crippen LogP contribution in [0.25, 0.3) is 11.1 Å². The Balaban J connectivity index is 1.44. The van der Waals surface area contributed by atoms with Crippen LogP contribution in [0.15, 0.2) is 42.6 Å². The Bertz CT molecular complexity index is 736. The SMILES string of the molecule is CC(C)c1ccc(-c2ccnc(CC3COC4(CCNCC4)O3)c2)cc1. The van der Waals surface area contributed by atoms with Gasteiger partial charge in [-0.3, -0.25) is 4.98 Å². The van der Waals surface area contributed by atoms with E-state index in [1.165, 1.54) is 16.7 Å². The maximum Gasteiger partial charge on any atom is 0.171 e. The minimum absolute atomic E-state index is 0.0965. The first-order chi connectivity index (χ1) is 12.6. The van der Waals surface area contributed by atoms with Crippen LogP contribution < -0.4 is 5.32 Å². The van der Waals surface area contributed by atoms with Gasteiger partial charge in [-0.1, -0.05) is 38.1 Å². The fraction of sp³-hybridized carbons (Fsp3) is 0.500. The molecule has 1 atom stereocenters. The van der Waals surface area contributed by atoms with Gasteiger partial charge in [0.25, 0.3) is 0 Å². The summed E-state index contributed by atoms with van der Waals surface area (Å²) < 4.78 is 12.3. The molecule has 1 spiro atoms. The summed E-state index contributed by atoms with van der Waals surface area (Å²) in [5.41, 5.74) is 4.87. The van der Waals surface area contributed by atoms with Crippen molar-refractivity contribution in [2.75, 3.05) is 19.7 Å². The summed E-state index contributed by atoms with van der Waals surface area (Å²) in [6.07, 6.45) is 4.65. The molecule has 3 heterocycles. The van der Waals surface area contributed by atoms with Crippen molar-refractivity contribution in [1.29, 1.82) is 0 Å². The third kappa shape index (κ3) is 3.83. The average molecular weight is 352 g/mol. The van der Waals surface area contributed by atoms with E-state index >= 15 is 0 Å². The lowest BCUT2D eigenvalue weighted by Gasteiger charge is -2.32. The summed E-state index contributed by atoms with van der Waals surface area (Å²) in [4.78, 5) is 4.56. The molecule has 4 rings (SSSR count). The standard InChI is InChI=1S/C22H28N2O2/c1-16(2)17-3-5-18(6-4-17)19-7-10-24-20(13-19)14-21-15-25-22(26-21)8-11-23-12-9-22/h3-7,10,13,16,21,23H,8-9,11-12,14-15H2,1-2H3. The van der Waals surface area contributed by atoms with Crippen molar-refractivity contribution in [3.8, 4) is 11.1 Å². The maximum atomic E-state index is 6.28. The first kappa shape index (κ1) is 17.7. The van der Waals surface area contributed by atoms with Gasteiger partial charge in [0.1, 0.15) is 0 Å².